The van der Waals surface area contributed by atoms with Crippen molar-refractivity contribution in [2.45, 2.75) is 51.3 Å². The summed E-state index contributed by atoms with van der Waals surface area (Å²) in [6.45, 7) is 7.90. The van der Waals surface area contributed by atoms with Crippen LogP contribution in [0.3, 0.4) is 0 Å². The van der Waals surface area contributed by atoms with Crippen LogP contribution in [0.15, 0.2) is 0 Å². The summed E-state index contributed by atoms with van der Waals surface area (Å²) < 4.78 is 0. The molecule has 2 atom stereocenters. The van der Waals surface area contributed by atoms with Crippen LogP contribution in [0.2, 0.25) is 0 Å². The fraction of sp³-hybridized carbons (Fsp3) is 1.00. The Morgan fingerprint density at radius 2 is 2.08 bits per heavy atom. The van der Waals surface area contributed by atoms with E-state index in [4.69, 9.17) is 5.73 Å². The number of hydrogen-bond donors (Lipinski definition) is 2. The minimum absolute atomic E-state index is 0.0147. The van der Waals surface area contributed by atoms with Crippen molar-refractivity contribution in [2.24, 2.45) is 5.73 Å². The van der Waals surface area contributed by atoms with E-state index in [1.165, 1.54) is 0 Å². The van der Waals surface area contributed by atoms with Gasteiger partial charge in [-0.25, -0.2) is 0 Å². The first-order valence-electron chi connectivity index (χ1n) is 5.12. The lowest BCUT2D eigenvalue weighted by atomic mass is 9.93. The maximum atomic E-state index is 9.57. The van der Waals surface area contributed by atoms with Crippen LogP contribution in [0, 0.1) is 0 Å². The second-order valence-corrected chi connectivity index (χ2v) is 4.75. The number of β-amino-alcohol motifs (C(OH)–C–C–N with tert-alkyl or cyclic N) is 1. The molecular formula is C10H22N2O. The fourth-order valence-corrected chi connectivity index (χ4v) is 2.05. The van der Waals surface area contributed by atoms with Gasteiger partial charge in [-0.15, -0.1) is 0 Å². The van der Waals surface area contributed by atoms with E-state index >= 15 is 0 Å². The van der Waals surface area contributed by atoms with Crippen LogP contribution in [0.25, 0.3) is 0 Å². The van der Waals surface area contributed by atoms with Crippen molar-refractivity contribution in [2.75, 3.05) is 13.1 Å². The molecule has 3 nitrogen and oxygen atoms in total. The molecule has 3 heteroatoms. The first-order valence-corrected chi connectivity index (χ1v) is 5.12. The summed E-state index contributed by atoms with van der Waals surface area (Å²) in [7, 11) is 0. The number of piperidine rings is 1. The molecule has 1 saturated heterocycles. The molecule has 0 radical (unpaired) electrons. The Balaban J connectivity index is 2.65. The molecular weight excluding hydrogens is 164 g/mol. The maximum Gasteiger partial charge on any atom is 0.0668 e. The van der Waals surface area contributed by atoms with Crippen molar-refractivity contribution >= 4 is 0 Å². The molecule has 0 aromatic heterocycles. The number of aliphatic hydroxyl groups is 1. The van der Waals surface area contributed by atoms with Crippen molar-refractivity contribution in [3.05, 3.63) is 0 Å². The molecule has 1 aliphatic rings. The molecule has 1 rings (SSSR count). The zero-order chi connectivity index (χ0) is 10.1. The van der Waals surface area contributed by atoms with Gasteiger partial charge in [0.25, 0.3) is 0 Å². The van der Waals surface area contributed by atoms with Gasteiger partial charge >= 0.3 is 0 Å². The zero-order valence-electron chi connectivity index (χ0n) is 8.95. The number of hydrogen-bond acceptors (Lipinski definition) is 3. The Hall–Kier alpha value is -0.120. The predicted molar refractivity (Wildman–Crippen MR) is 54.5 cm³/mol. The SMILES string of the molecule is C[C@@H]1CC[C@@H](O)CN1C(C)(C)CN. The van der Waals surface area contributed by atoms with Crippen LogP contribution in [-0.4, -0.2) is 40.8 Å². The molecule has 3 N–H and O–H groups in total. The summed E-state index contributed by atoms with van der Waals surface area (Å²) in [6.07, 6.45) is 1.84. The van der Waals surface area contributed by atoms with E-state index in [0.29, 0.717) is 12.6 Å². The summed E-state index contributed by atoms with van der Waals surface area (Å²) in [5.41, 5.74) is 5.74. The van der Waals surface area contributed by atoms with Crippen LogP contribution in [0.5, 0.6) is 0 Å². The van der Waals surface area contributed by atoms with Crippen molar-refractivity contribution in [1.29, 1.82) is 0 Å². The van der Waals surface area contributed by atoms with Crippen LogP contribution in [0.1, 0.15) is 33.6 Å². The van der Waals surface area contributed by atoms with Gasteiger partial charge in [0.1, 0.15) is 0 Å². The molecule has 0 aliphatic carbocycles. The molecule has 0 aromatic rings. The van der Waals surface area contributed by atoms with Gasteiger partial charge in [0.2, 0.25) is 0 Å². The minimum atomic E-state index is -0.165. The topological polar surface area (TPSA) is 49.5 Å². The fourth-order valence-electron chi connectivity index (χ4n) is 2.05. The van der Waals surface area contributed by atoms with E-state index in [0.717, 1.165) is 19.4 Å². The standard InChI is InChI=1S/C10H22N2O/c1-8-4-5-9(13)6-12(8)10(2,3)7-11/h8-9,13H,4-7,11H2,1-3H3/t8-,9-/m1/s1. The minimum Gasteiger partial charge on any atom is -0.392 e. The lowest BCUT2D eigenvalue weighted by Gasteiger charge is -2.46. The third-order valence-electron chi connectivity index (χ3n) is 3.13. The third kappa shape index (κ3) is 2.42. The Morgan fingerprint density at radius 1 is 1.46 bits per heavy atom. The van der Waals surface area contributed by atoms with Gasteiger partial charge in [0.05, 0.1) is 6.10 Å². The third-order valence-corrected chi connectivity index (χ3v) is 3.13. The second-order valence-electron chi connectivity index (χ2n) is 4.75. The molecule has 0 bridgehead atoms. The quantitative estimate of drug-likeness (QED) is 0.663. The van der Waals surface area contributed by atoms with Gasteiger partial charge in [-0.3, -0.25) is 4.90 Å². The Labute approximate surface area is 80.9 Å². The van der Waals surface area contributed by atoms with Crippen molar-refractivity contribution < 1.29 is 5.11 Å². The summed E-state index contributed by atoms with van der Waals surface area (Å²) >= 11 is 0. The van der Waals surface area contributed by atoms with Crippen LogP contribution in [-0.2, 0) is 0 Å². The lowest BCUT2D eigenvalue weighted by molar-refractivity contribution is -0.0137. The first kappa shape index (κ1) is 11.0. The summed E-state index contributed by atoms with van der Waals surface area (Å²) in [5.74, 6) is 0. The van der Waals surface area contributed by atoms with E-state index in [-0.39, 0.29) is 11.6 Å². The highest BCUT2D eigenvalue weighted by Gasteiger charge is 2.33. The predicted octanol–water partition coefficient (Wildman–Crippen LogP) is 0.569. The van der Waals surface area contributed by atoms with Crippen molar-refractivity contribution in [1.82, 2.24) is 4.90 Å². The number of nitrogens with two attached hydrogens (primary N) is 1. The van der Waals surface area contributed by atoms with Crippen molar-refractivity contribution in [3.8, 4) is 0 Å². The molecule has 78 valence electrons. The lowest BCUT2D eigenvalue weighted by Crippen LogP contribution is -2.57. The van der Waals surface area contributed by atoms with E-state index in [1.54, 1.807) is 0 Å². The summed E-state index contributed by atoms with van der Waals surface area (Å²) in [4.78, 5) is 2.32. The highest BCUT2D eigenvalue weighted by molar-refractivity contribution is 4.90. The normalized spacial score (nSPS) is 32.1. The molecule has 0 unspecified atom stereocenters. The Morgan fingerprint density at radius 3 is 2.62 bits per heavy atom. The van der Waals surface area contributed by atoms with Gasteiger partial charge in [0.15, 0.2) is 0 Å². The molecule has 1 heterocycles. The molecule has 1 aliphatic heterocycles. The summed E-state index contributed by atoms with van der Waals surface area (Å²) in [5, 5.41) is 9.57. The highest BCUT2D eigenvalue weighted by atomic mass is 16.3. The molecule has 13 heavy (non-hydrogen) atoms. The second kappa shape index (κ2) is 3.95. The number of likely N-dealkylation sites (tertiary alicyclic amines) is 1. The van der Waals surface area contributed by atoms with E-state index < -0.39 is 0 Å². The largest absolute Gasteiger partial charge is 0.392 e. The average Bonchev–Trinajstić information content (AvgIpc) is 2.09. The van der Waals surface area contributed by atoms with Gasteiger partial charge in [-0.2, -0.15) is 0 Å². The van der Waals surface area contributed by atoms with Crippen LogP contribution in [0.4, 0.5) is 0 Å². The molecule has 0 aromatic carbocycles. The zero-order valence-corrected chi connectivity index (χ0v) is 8.95. The Bertz CT molecular complexity index is 170. The van der Waals surface area contributed by atoms with Gasteiger partial charge in [-0.05, 0) is 33.6 Å². The number of aliphatic hydroxyl groups excluding tert-OH is 1. The molecule has 0 amide bonds. The highest BCUT2D eigenvalue weighted by Crippen LogP contribution is 2.24. The van der Waals surface area contributed by atoms with E-state index in [9.17, 15) is 5.11 Å². The molecule has 1 fully saturated rings. The first-order chi connectivity index (χ1) is 5.97. The van der Waals surface area contributed by atoms with Crippen LogP contribution < -0.4 is 5.73 Å². The van der Waals surface area contributed by atoms with Gasteiger partial charge in [-0.1, -0.05) is 0 Å². The number of rotatable bonds is 2. The van der Waals surface area contributed by atoms with Gasteiger partial charge < -0.3 is 10.8 Å². The monoisotopic (exact) mass is 186 g/mol. The number of nitrogens with zero attached hydrogens (tertiary/aromatic N) is 1. The smallest absolute Gasteiger partial charge is 0.0668 e. The van der Waals surface area contributed by atoms with E-state index in [1.807, 2.05) is 0 Å². The maximum absolute atomic E-state index is 9.57. The summed E-state index contributed by atoms with van der Waals surface area (Å²) in [6, 6.07) is 0.543. The molecule has 0 saturated carbocycles. The van der Waals surface area contributed by atoms with Crippen molar-refractivity contribution in [3.63, 3.8) is 0 Å². The average molecular weight is 186 g/mol. The Kier molecular flexibility index (Phi) is 3.33. The van der Waals surface area contributed by atoms with Crippen LogP contribution >= 0.6 is 0 Å². The van der Waals surface area contributed by atoms with Gasteiger partial charge in [0, 0.05) is 24.7 Å². The molecule has 0 spiro atoms. The van der Waals surface area contributed by atoms with E-state index in [2.05, 4.69) is 25.7 Å².